The van der Waals surface area contributed by atoms with E-state index in [1.165, 1.54) is 70.8 Å². The summed E-state index contributed by atoms with van der Waals surface area (Å²) >= 11 is 0. The molecule has 1 heterocycles. The Morgan fingerprint density at radius 3 is 2.53 bits per heavy atom. The van der Waals surface area contributed by atoms with Crippen LogP contribution in [0.2, 0.25) is 0 Å². The molecule has 6 atom stereocenters. The highest BCUT2D eigenvalue weighted by molar-refractivity contribution is 4.99. The van der Waals surface area contributed by atoms with Crippen molar-refractivity contribution in [2.75, 3.05) is 6.54 Å². The molecule has 1 saturated heterocycles. The van der Waals surface area contributed by atoms with Gasteiger partial charge in [-0.25, -0.2) is 0 Å². The maximum absolute atomic E-state index is 4.12. The number of hydrogen-bond acceptors (Lipinski definition) is 2. The second-order valence-electron chi connectivity index (χ2n) is 7.71. The number of nitrogens with one attached hydrogen (secondary N) is 2. The molecule has 0 aromatic carbocycles. The molecule has 4 fully saturated rings. The van der Waals surface area contributed by atoms with Gasteiger partial charge in [0.15, 0.2) is 0 Å². The Hall–Kier alpha value is -0.0800. The summed E-state index contributed by atoms with van der Waals surface area (Å²) in [7, 11) is 0. The van der Waals surface area contributed by atoms with Gasteiger partial charge < -0.3 is 10.6 Å². The quantitative estimate of drug-likeness (QED) is 0.817. The first-order valence-electron chi connectivity index (χ1n) is 8.89. The Morgan fingerprint density at radius 2 is 1.79 bits per heavy atom. The van der Waals surface area contributed by atoms with Crippen LogP contribution in [0.4, 0.5) is 0 Å². The van der Waals surface area contributed by atoms with Crippen LogP contribution in [0.3, 0.4) is 0 Å². The third kappa shape index (κ3) is 2.47. The molecule has 2 N–H and O–H groups in total. The maximum Gasteiger partial charge on any atom is 0.0113 e. The molecule has 2 heteroatoms. The van der Waals surface area contributed by atoms with Crippen molar-refractivity contribution in [3.63, 3.8) is 0 Å². The van der Waals surface area contributed by atoms with Crippen LogP contribution < -0.4 is 10.6 Å². The molecule has 2 bridgehead atoms. The number of hydrogen-bond donors (Lipinski definition) is 2. The summed E-state index contributed by atoms with van der Waals surface area (Å²) in [5.41, 5.74) is 0. The SMILES string of the molecule is C1CCC(C2CCCC2NC2CC3CCC2C3)NC1. The lowest BCUT2D eigenvalue weighted by atomic mass is 9.87. The molecule has 0 spiro atoms. The third-order valence-corrected chi connectivity index (χ3v) is 6.60. The molecule has 3 saturated carbocycles. The molecule has 0 aromatic heterocycles. The van der Waals surface area contributed by atoms with Crippen LogP contribution in [0.1, 0.15) is 64.2 Å². The van der Waals surface area contributed by atoms with Crippen molar-refractivity contribution in [1.82, 2.24) is 10.6 Å². The molecule has 0 amide bonds. The van der Waals surface area contributed by atoms with Gasteiger partial charge in [0.05, 0.1) is 0 Å². The van der Waals surface area contributed by atoms with Gasteiger partial charge in [-0.1, -0.05) is 19.3 Å². The molecule has 0 radical (unpaired) electrons. The van der Waals surface area contributed by atoms with E-state index in [9.17, 15) is 0 Å². The predicted molar refractivity (Wildman–Crippen MR) is 79.1 cm³/mol. The molecule has 0 aromatic rings. The Morgan fingerprint density at radius 1 is 0.789 bits per heavy atom. The lowest BCUT2D eigenvalue weighted by Crippen LogP contribution is -2.50. The van der Waals surface area contributed by atoms with Crippen LogP contribution in [0.15, 0.2) is 0 Å². The van der Waals surface area contributed by atoms with Crippen molar-refractivity contribution >= 4 is 0 Å². The molecule has 4 rings (SSSR count). The standard InChI is InChI=1S/C17H30N2/c1-2-9-18-15(5-1)14-4-3-6-16(14)19-17-11-12-7-8-13(17)10-12/h12-19H,1-11H2. The normalized spacial score (nSPS) is 49.9. The summed E-state index contributed by atoms with van der Waals surface area (Å²) in [5.74, 6) is 3.04. The van der Waals surface area contributed by atoms with Crippen molar-refractivity contribution in [1.29, 1.82) is 0 Å². The van der Waals surface area contributed by atoms with Gasteiger partial charge in [-0.3, -0.25) is 0 Å². The van der Waals surface area contributed by atoms with Gasteiger partial charge in [-0.2, -0.15) is 0 Å². The molecule has 2 nitrogen and oxygen atoms in total. The van der Waals surface area contributed by atoms with Gasteiger partial charge >= 0.3 is 0 Å². The van der Waals surface area contributed by atoms with Gasteiger partial charge in [0, 0.05) is 18.1 Å². The fourth-order valence-electron chi connectivity index (χ4n) is 5.65. The largest absolute Gasteiger partial charge is 0.314 e. The summed E-state index contributed by atoms with van der Waals surface area (Å²) in [6, 6.07) is 2.54. The van der Waals surface area contributed by atoms with Crippen LogP contribution in [-0.4, -0.2) is 24.7 Å². The van der Waals surface area contributed by atoms with Gasteiger partial charge in [0.2, 0.25) is 0 Å². The number of piperidine rings is 1. The number of fused-ring (bicyclic) bond motifs is 2. The van der Waals surface area contributed by atoms with Gasteiger partial charge in [0.1, 0.15) is 0 Å². The summed E-state index contributed by atoms with van der Waals surface area (Å²) in [5, 5.41) is 7.93. The highest BCUT2D eigenvalue weighted by atomic mass is 15.0. The highest BCUT2D eigenvalue weighted by Gasteiger charge is 2.42. The highest BCUT2D eigenvalue weighted by Crippen LogP contribution is 2.45. The third-order valence-electron chi connectivity index (χ3n) is 6.60. The lowest BCUT2D eigenvalue weighted by molar-refractivity contribution is 0.226. The van der Waals surface area contributed by atoms with E-state index >= 15 is 0 Å². The second kappa shape index (κ2) is 5.37. The molecule has 3 aliphatic carbocycles. The van der Waals surface area contributed by atoms with Crippen molar-refractivity contribution in [3.8, 4) is 0 Å². The first kappa shape index (κ1) is 12.6. The van der Waals surface area contributed by atoms with Crippen LogP contribution in [0.25, 0.3) is 0 Å². The minimum atomic E-state index is 0.826. The van der Waals surface area contributed by atoms with Crippen LogP contribution in [-0.2, 0) is 0 Å². The van der Waals surface area contributed by atoms with Crippen LogP contribution in [0, 0.1) is 17.8 Å². The monoisotopic (exact) mass is 262 g/mol. The van der Waals surface area contributed by atoms with Crippen molar-refractivity contribution in [2.45, 2.75) is 82.3 Å². The summed E-state index contributed by atoms with van der Waals surface area (Å²) in [4.78, 5) is 0. The van der Waals surface area contributed by atoms with E-state index in [-0.39, 0.29) is 0 Å². The van der Waals surface area contributed by atoms with Crippen molar-refractivity contribution < 1.29 is 0 Å². The van der Waals surface area contributed by atoms with E-state index in [0.29, 0.717) is 0 Å². The molecule has 108 valence electrons. The topological polar surface area (TPSA) is 24.1 Å². The first-order chi connectivity index (χ1) is 9.40. The second-order valence-corrected chi connectivity index (χ2v) is 7.71. The minimum Gasteiger partial charge on any atom is -0.314 e. The Labute approximate surface area is 118 Å². The van der Waals surface area contributed by atoms with E-state index in [1.54, 1.807) is 0 Å². The van der Waals surface area contributed by atoms with E-state index in [2.05, 4.69) is 10.6 Å². The van der Waals surface area contributed by atoms with Gasteiger partial charge in [-0.05, 0) is 69.2 Å². The molecular weight excluding hydrogens is 232 g/mol. The zero-order valence-corrected chi connectivity index (χ0v) is 12.2. The zero-order valence-electron chi connectivity index (χ0n) is 12.2. The number of rotatable bonds is 3. The Balaban J connectivity index is 1.37. The summed E-state index contributed by atoms with van der Waals surface area (Å²) in [6.45, 7) is 1.27. The average molecular weight is 262 g/mol. The smallest absolute Gasteiger partial charge is 0.0113 e. The van der Waals surface area contributed by atoms with Crippen LogP contribution in [0.5, 0.6) is 0 Å². The fourth-order valence-corrected chi connectivity index (χ4v) is 5.65. The summed E-state index contributed by atoms with van der Waals surface area (Å²) < 4.78 is 0. The molecule has 1 aliphatic heterocycles. The van der Waals surface area contributed by atoms with Crippen molar-refractivity contribution in [2.24, 2.45) is 17.8 Å². The Bertz CT molecular complexity index is 310. The van der Waals surface area contributed by atoms with E-state index < -0.39 is 0 Å². The average Bonchev–Trinajstić information content (AvgIpc) is 3.16. The molecule has 19 heavy (non-hydrogen) atoms. The van der Waals surface area contributed by atoms with Gasteiger partial charge in [0.25, 0.3) is 0 Å². The molecule has 6 unspecified atom stereocenters. The first-order valence-corrected chi connectivity index (χ1v) is 8.89. The van der Waals surface area contributed by atoms with E-state index in [4.69, 9.17) is 0 Å². The van der Waals surface area contributed by atoms with Gasteiger partial charge in [-0.15, -0.1) is 0 Å². The van der Waals surface area contributed by atoms with Crippen molar-refractivity contribution in [3.05, 3.63) is 0 Å². The summed E-state index contributed by atoms with van der Waals surface area (Å²) in [6.07, 6.45) is 14.7. The van der Waals surface area contributed by atoms with E-state index in [1.807, 2.05) is 0 Å². The maximum atomic E-state index is 4.12. The van der Waals surface area contributed by atoms with E-state index in [0.717, 1.165) is 35.9 Å². The lowest BCUT2D eigenvalue weighted by Gasteiger charge is -2.36. The Kier molecular flexibility index (Phi) is 3.57. The predicted octanol–water partition coefficient (Wildman–Crippen LogP) is 3.08. The fraction of sp³-hybridized carbons (Fsp3) is 1.00. The molecule has 4 aliphatic rings. The zero-order chi connectivity index (χ0) is 12.7. The van der Waals surface area contributed by atoms with Crippen LogP contribution >= 0.6 is 0 Å². The minimum absolute atomic E-state index is 0.826. The molecular formula is C17H30N2.